The Kier molecular flexibility index (Phi) is 2.73. The number of aromatic nitrogens is 3. The molecule has 0 spiro atoms. The van der Waals surface area contributed by atoms with Crippen LogP contribution in [0.15, 0.2) is 17.1 Å². The van der Waals surface area contributed by atoms with Crippen molar-refractivity contribution < 1.29 is 9.53 Å². The molecule has 0 aliphatic heterocycles. The highest BCUT2D eigenvalue weighted by Gasteiger charge is 2.18. The van der Waals surface area contributed by atoms with Gasteiger partial charge < -0.3 is 15.5 Å². The lowest BCUT2D eigenvalue weighted by molar-refractivity contribution is 0.0526. The molecule has 0 unspecified atom stereocenters. The van der Waals surface area contributed by atoms with Gasteiger partial charge in [0.15, 0.2) is 5.65 Å². The fourth-order valence-electron chi connectivity index (χ4n) is 1.47. The van der Waals surface area contributed by atoms with Crippen LogP contribution < -0.4 is 11.3 Å². The molecule has 0 atom stereocenters. The number of nitrogens with zero attached hydrogens (tertiary/aromatic N) is 2. The van der Waals surface area contributed by atoms with Gasteiger partial charge in [-0.2, -0.15) is 5.10 Å². The first-order chi connectivity index (χ1) is 8.15. The van der Waals surface area contributed by atoms with Crippen LogP contribution in [0.3, 0.4) is 0 Å². The highest BCUT2D eigenvalue weighted by molar-refractivity contribution is 6.02. The van der Waals surface area contributed by atoms with E-state index >= 15 is 0 Å². The molecule has 2 heterocycles. The number of carbonyl (C=O) groups excluding carboxylic acids is 1. The number of esters is 1. The lowest BCUT2D eigenvalue weighted by Crippen LogP contribution is -2.22. The van der Waals surface area contributed by atoms with Crippen molar-refractivity contribution in [2.45, 2.75) is 6.92 Å². The van der Waals surface area contributed by atoms with Crippen molar-refractivity contribution in [1.29, 1.82) is 0 Å². The third kappa shape index (κ3) is 1.82. The van der Waals surface area contributed by atoms with E-state index < -0.39 is 11.5 Å². The van der Waals surface area contributed by atoms with E-state index in [0.717, 1.165) is 0 Å². The number of nitrogens with one attached hydrogen (secondary N) is 1. The number of anilines is 1. The van der Waals surface area contributed by atoms with Crippen LogP contribution in [0.5, 0.6) is 0 Å². The maximum absolute atomic E-state index is 11.7. The van der Waals surface area contributed by atoms with Gasteiger partial charge in [-0.25, -0.2) is 4.79 Å². The maximum atomic E-state index is 11.7. The largest absolute Gasteiger partial charge is 0.462 e. The van der Waals surface area contributed by atoms with E-state index in [1.807, 2.05) is 0 Å². The van der Waals surface area contributed by atoms with E-state index in [2.05, 4.69) is 15.2 Å². The van der Waals surface area contributed by atoms with Crippen LogP contribution >= 0.6 is 0 Å². The molecule has 0 aliphatic rings. The molecular weight excluding hydrogens is 224 g/mol. The third-order valence-electron chi connectivity index (χ3n) is 2.22. The zero-order valence-electron chi connectivity index (χ0n) is 9.06. The average Bonchev–Trinajstić information content (AvgIpc) is 2.29. The van der Waals surface area contributed by atoms with Crippen molar-refractivity contribution in [3.05, 3.63) is 28.2 Å². The Morgan fingerprint density at radius 3 is 3.06 bits per heavy atom. The molecule has 88 valence electrons. The Bertz CT molecular complexity index is 635. The van der Waals surface area contributed by atoms with E-state index in [4.69, 9.17) is 10.5 Å². The highest BCUT2D eigenvalue weighted by atomic mass is 16.5. The molecule has 0 aliphatic carbocycles. The average molecular weight is 234 g/mol. The number of pyridine rings is 1. The Hall–Kier alpha value is -2.44. The molecule has 0 saturated carbocycles. The van der Waals surface area contributed by atoms with Crippen LogP contribution in [0.25, 0.3) is 11.0 Å². The Morgan fingerprint density at radius 1 is 1.59 bits per heavy atom. The summed E-state index contributed by atoms with van der Waals surface area (Å²) in [6, 6.07) is 1.57. The molecule has 2 aromatic heterocycles. The van der Waals surface area contributed by atoms with Gasteiger partial charge in [0.05, 0.1) is 18.5 Å². The standard InChI is InChI=1S/C10H10N4O3/c1-2-17-10(16)6-7(11)5-3-4-12-14-8(5)13-9(6)15/h3-4H,2H2,1H3,(H3,11,13,14,15). The minimum atomic E-state index is -0.745. The first-order valence-electron chi connectivity index (χ1n) is 4.95. The smallest absolute Gasteiger partial charge is 0.345 e. The van der Waals surface area contributed by atoms with Crippen molar-refractivity contribution in [2.75, 3.05) is 12.3 Å². The fraction of sp³-hybridized carbons (Fsp3) is 0.200. The molecule has 7 nitrogen and oxygen atoms in total. The van der Waals surface area contributed by atoms with Crippen LogP contribution in [0.4, 0.5) is 5.69 Å². The van der Waals surface area contributed by atoms with Gasteiger partial charge in [0, 0.05) is 5.39 Å². The van der Waals surface area contributed by atoms with Gasteiger partial charge >= 0.3 is 5.97 Å². The van der Waals surface area contributed by atoms with Gasteiger partial charge in [-0.05, 0) is 13.0 Å². The quantitative estimate of drug-likeness (QED) is 0.711. The van der Waals surface area contributed by atoms with Gasteiger partial charge in [-0.15, -0.1) is 5.10 Å². The minimum absolute atomic E-state index is 0.0529. The maximum Gasteiger partial charge on any atom is 0.345 e. The van der Waals surface area contributed by atoms with Crippen molar-refractivity contribution in [1.82, 2.24) is 15.2 Å². The van der Waals surface area contributed by atoms with Gasteiger partial charge in [-0.1, -0.05) is 0 Å². The van der Waals surface area contributed by atoms with Crippen molar-refractivity contribution >= 4 is 22.7 Å². The van der Waals surface area contributed by atoms with E-state index in [-0.39, 0.29) is 23.5 Å². The number of H-pyrrole nitrogens is 1. The molecule has 2 aromatic rings. The lowest BCUT2D eigenvalue weighted by Gasteiger charge is -2.06. The first kappa shape index (κ1) is 11.1. The van der Waals surface area contributed by atoms with E-state index in [9.17, 15) is 9.59 Å². The Labute approximate surface area is 95.6 Å². The van der Waals surface area contributed by atoms with Crippen LogP contribution in [-0.4, -0.2) is 27.8 Å². The SMILES string of the molecule is CCOC(=O)c1c(N)c2ccnnc2[nH]c1=O. The normalized spacial score (nSPS) is 10.4. The van der Waals surface area contributed by atoms with Gasteiger partial charge in [0.25, 0.3) is 5.56 Å². The van der Waals surface area contributed by atoms with Crippen LogP contribution in [0.2, 0.25) is 0 Å². The topological polar surface area (TPSA) is 111 Å². The second kappa shape index (κ2) is 4.20. The number of rotatable bonds is 2. The summed E-state index contributed by atoms with van der Waals surface area (Å²) in [7, 11) is 0. The molecule has 0 bridgehead atoms. The number of carbonyl (C=O) groups is 1. The first-order valence-corrected chi connectivity index (χ1v) is 4.95. The molecule has 0 fully saturated rings. The third-order valence-corrected chi connectivity index (χ3v) is 2.22. The summed E-state index contributed by atoms with van der Waals surface area (Å²) in [6.07, 6.45) is 1.42. The van der Waals surface area contributed by atoms with Crippen LogP contribution in [0.1, 0.15) is 17.3 Å². The number of hydrogen-bond donors (Lipinski definition) is 2. The van der Waals surface area contributed by atoms with Crippen molar-refractivity contribution in [2.24, 2.45) is 0 Å². The monoisotopic (exact) mass is 234 g/mol. The van der Waals surface area contributed by atoms with Gasteiger partial charge in [0.2, 0.25) is 0 Å². The summed E-state index contributed by atoms with van der Waals surface area (Å²) in [6.45, 7) is 1.82. The highest BCUT2D eigenvalue weighted by Crippen LogP contribution is 2.18. The van der Waals surface area contributed by atoms with E-state index in [1.165, 1.54) is 6.20 Å². The number of nitrogen functional groups attached to an aromatic ring is 1. The van der Waals surface area contributed by atoms with Crippen molar-refractivity contribution in [3.8, 4) is 0 Å². The molecule has 0 aromatic carbocycles. The molecule has 2 rings (SSSR count). The number of aromatic amines is 1. The van der Waals surface area contributed by atoms with Crippen LogP contribution in [-0.2, 0) is 4.74 Å². The number of hydrogen-bond acceptors (Lipinski definition) is 6. The second-order valence-corrected chi connectivity index (χ2v) is 3.26. The lowest BCUT2D eigenvalue weighted by atomic mass is 10.1. The Morgan fingerprint density at radius 2 is 2.35 bits per heavy atom. The summed E-state index contributed by atoms with van der Waals surface area (Å²) >= 11 is 0. The van der Waals surface area contributed by atoms with Crippen LogP contribution in [0, 0.1) is 0 Å². The van der Waals surface area contributed by atoms with Crippen molar-refractivity contribution in [3.63, 3.8) is 0 Å². The zero-order valence-corrected chi connectivity index (χ0v) is 9.06. The van der Waals surface area contributed by atoms with E-state index in [1.54, 1.807) is 13.0 Å². The summed E-state index contributed by atoms with van der Waals surface area (Å²) in [5.74, 6) is -0.745. The number of nitrogens with two attached hydrogens (primary N) is 1. The molecule has 0 saturated heterocycles. The molecule has 0 amide bonds. The number of fused-ring (bicyclic) bond motifs is 1. The summed E-state index contributed by atoms with van der Waals surface area (Å²) in [5.41, 5.74) is 5.22. The van der Waals surface area contributed by atoms with Gasteiger partial charge in [-0.3, -0.25) is 4.79 Å². The summed E-state index contributed by atoms with van der Waals surface area (Å²) < 4.78 is 4.76. The zero-order chi connectivity index (χ0) is 12.4. The van der Waals surface area contributed by atoms with E-state index in [0.29, 0.717) is 5.39 Å². The second-order valence-electron chi connectivity index (χ2n) is 3.26. The summed E-state index contributed by atoms with van der Waals surface area (Å²) in [4.78, 5) is 25.7. The molecule has 3 N–H and O–H groups in total. The minimum Gasteiger partial charge on any atom is -0.462 e. The molecule has 7 heteroatoms. The summed E-state index contributed by atoms with van der Waals surface area (Å²) in [5, 5.41) is 7.79. The number of ether oxygens (including phenoxy) is 1. The van der Waals surface area contributed by atoms with Gasteiger partial charge in [0.1, 0.15) is 5.56 Å². The predicted molar refractivity (Wildman–Crippen MR) is 60.5 cm³/mol. The fourth-order valence-corrected chi connectivity index (χ4v) is 1.47. The predicted octanol–water partition coefficient (Wildman–Crippen LogP) is 0.0770. The molecule has 17 heavy (non-hydrogen) atoms. The molecule has 0 radical (unpaired) electrons. The molecular formula is C10H10N4O3. The Balaban J connectivity index is 2.72.